The minimum Gasteiger partial charge on any atom is -0.496 e. The van der Waals surface area contributed by atoms with E-state index in [1.54, 1.807) is 0 Å². The summed E-state index contributed by atoms with van der Waals surface area (Å²) in [4.78, 5) is 19.6. The van der Waals surface area contributed by atoms with Crippen LogP contribution in [0, 0.1) is 5.82 Å². The van der Waals surface area contributed by atoms with Crippen LogP contribution < -0.4 is 4.74 Å². The van der Waals surface area contributed by atoms with Crippen molar-refractivity contribution in [3.8, 4) is 5.75 Å². The molecule has 1 heterocycles. The smallest absolute Gasteiger partial charge is 0.219 e. The van der Waals surface area contributed by atoms with Crippen LogP contribution in [0.25, 0.3) is 0 Å². The predicted molar refractivity (Wildman–Crippen MR) is 58.4 cm³/mol. The first-order chi connectivity index (χ1) is 8.24. The third-order valence-electron chi connectivity index (χ3n) is 2.22. The van der Waals surface area contributed by atoms with Crippen molar-refractivity contribution in [1.29, 1.82) is 0 Å². The molecule has 0 bridgehead atoms. The number of ether oxygens (including phenoxy) is 1. The Morgan fingerprint density at radius 3 is 2.82 bits per heavy atom. The number of hydrogen-bond acceptors (Lipinski definition) is 4. The molecule has 0 aliphatic carbocycles. The van der Waals surface area contributed by atoms with Gasteiger partial charge >= 0.3 is 0 Å². The lowest BCUT2D eigenvalue weighted by Crippen LogP contribution is -2.08. The number of methoxy groups -OCH3 is 1. The molecular formula is C12H9FN2O2. The summed E-state index contributed by atoms with van der Waals surface area (Å²) in [5.74, 6) is -1.01. The zero-order valence-electron chi connectivity index (χ0n) is 9.05. The van der Waals surface area contributed by atoms with Crippen molar-refractivity contribution in [2.24, 2.45) is 0 Å². The van der Waals surface area contributed by atoms with Crippen molar-refractivity contribution in [3.05, 3.63) is 53.9 Å². The van der Waals surface area contributed by atoms with Gasteiger partial charge in [0.15, 0.2) is 0 Å². The Balaban J connectivity index is 2.51. The van der Waals surface area contributed by atoms with E-state index in [1.807, 2.05) is 0 Å². The summed E-state index contributed by atoms with van der Waals surface area (Å²) in [6, 6.07) is 4.19. The average Bonchev–Trinajstić information content (AvgIpc) is 2.38. The second kappa shape index (κ2) is 4.69. The molecule has 2 rings (SSSR count). The van der Waals surface area contributed by atoms with Crippen LogP contribution >= 0.6 is 0 Å². The number of ketones is 1. The lowest BCUT2D eigenvalue weighted by atomic mass is 10.1. The third-order valence-corrected chi connectivity index (χ3v) is 2.22. The lowest BCUT2D eigenvalue weighted by Gasteiger charge is -2.07. The maximum atomic E-state index is 13.6. The summed E-state index contributed by atoms with van der Waals surface area (Å²) < 4.78 is 18.6. The second-order valence-corrected chi connectivity index (χ2v) is 3.24. The fraction of sp³-hybridized carbons (Fsp3) is 0.0833. The molecule has 0 spiro atoms. The molecule has 0 fully saturated rings. The molecule has 17 heavy (non-hydrogen) atoms. The fourth-order valence-electron chi connectivity index (χ4n) is 1.44. The lowest BCUT2D eigenvalue weighted by molar-refractivity contribution is 0.102. The summed E-state index contributed by atoms with van der Waals surface area (Å²) >= 11 is 0. The highest BCUT2D eigenvalue weighted by molar-refractivity contribution is 6.09. The van der Waals surface area contributed by atoms with E-state index in [1.165, 1.54) is 43.9 Å². The topological polar surface area (TPSA) is 52.1 Å². The number of carbonyl (C=O) groups excluding carboxylic acids is 1. The van der Waals surface area contributed by atoms with Crippen LogP contribution in [0.5, 0.6) is 5.75 Å². The molecule has 0 radical (unpaired) electrons. The molecule has 0 aliphatic rings. The summed E-state index contributed by atoms with van der Waals surface area (Å²) in [5.41, 5.74) is -0.0496. The molecule has 5 heteroatoms. The van der Waals surface area contributed by atoms with Gasteiger partial charge in [-0.1, -0.05) is 6.07 Å². The van der Waals surface area contributed by atoms with Crippen LogP contribution in [0.1, 0.15) is 16.1 Å². The summed E-state index contributed by atoms with van der Waals surface area (Å²) in [5, 5.41) is 0. The van der Waals surface area contributed by atoms with Crippen molar-refractivity contribution in [2.45, 2.75) is 0 Å². The van der Waals surface area contributed by atoms with E-state index >= 15 is 0 Å². The SMILES string of the molecule is COc1cccc(F)c1C(=O)c1cnccn1. The molecule has 0 aliphatic heterocycles. The van der Waals surface area contributed by atoms with Crippen molar-refractivity contribution in [3.63, 3.8) is 0 Å². The highest BCUT2D eigenvalue weighted by atomic mass is 19.1. The van der Waals surface area contributed by atoms with Gasteiger partial charge in [0.2, 0.25) is 5.78 Å². The second-order valence-electron chi connectivity index (χ2n) is 3.24. The summed E-state index contributed by atoms with van der Waals surface area (Å²) in [6.45, 7) is 0. The van der Waals surface area contributed by atoms with E-state index in [2.05, 4.69) is 9.97 Å². The maximum absolute atomic E-state index is 13.6. The molecule has 1 aromatic carbocycles. The van der Waals surface area contributed by atoms with Gasteiger partial charge in [0, 0.05) is 12.4 Å². The van der Waals surface area contributed by atoms with Crippen molar-refractivity contribution >= 4 is 5.78 Å². The molecule has 0 unspecified atom stereocenters. The minimum absolute atomic E-state index is 0.0795. The maximum Gasteiger partial charge on any atom is 0.219 e. The highest BCUT2D eigenvalue weighted by Crippen LogP contribution is 2.23. The van der Waals surface area contributed by atoms with Crippen molar-refractivity contribution in [2.75, 3.05) is 7.11 Å². The Labute approximate surface area is 97.1 Å². The Morgan fingerprint density at radius 2 is 2.18 bits per heavy atom. The fourth-order valence-corrected chi connectivity index (χ4v) is 1.44. The number of rotatable bonds is 3. The first kappa shape index (κ1) is 11.2. The van der Waals surface area contributed by atoms with Crippen LogP contribution in [0.15, 0.2) is 36.8 Å². The molecular weight excluding hydrogens is 223 g/mol. The van der Waals surface area contributed by atoms with Crippen LogP contribution in [0.3, 0.4) is 0 Å². The number of benzene rings is 1. The Bertz CT molecular complexity index is 543. The van der Waals surface area contributed by atoms with E-state index in [-0.39, 0.29) is 17.0 Å². The number of aromatic nitrogens is 2. The van der Waals surface area contributed by atoms with Gasteiger partial charge in [0.25, 0.3) is 0 Å². The number of halogens is 1. The van der Waals surface area contributed by atoms with Gasteiger partial charge < -0.3 is 4.74 Å². The molecule has 0 N–H and O–H groups in total. The molecule has 0 atom stereocenters. The zero-order valence-corrected chi connectivity index (χ0v) is 9.05. The molecule has 0 saturated carbocycles. The van der Waals surface area contributed by atoms with Crippen LogP contribution in [0.2, 0.25) is 0 Å². The van der Waals surface area contributed by atoms with Gasteiger partial charge in [-0.2, -0.15) is 0 Å². The van der Waals surface area contributed by atoms with Crippen molar-refractivity contribution in [1.82, 2.24) is 9.97 Å². The van der Waals surface area contributed by atoms with Gasteiger partial charge in [0.1, 0.15) is 22.8 Å². The third kappa shape index (κ3) is 2.13. The van der Waals surface area contributed by atoms with Gasteiger partial charge in [-0.3, -0.25) is 9.78 Å². The van der Waals surface area contributed by atoms with Gasteiger partial charge in [0.05, 0.1) is 13.3 Å². The van der Waals surface area contributed by atoms with Gasteiger partial charge in [-0.15, -0.1) is 0 Å². The van der Waals surface area contributed by atoms with Crippen LogP contribution in [-0.2, 0) is 0 Å². The van der Waals surface area contributed by atoms with E-state index in [4.69, 9.17) is 4.74 Å². The van der Waals surface area contributed by atoms with E-state index in [9.17, 15) is 9.18 Å². The predicted octanol–water partition coefficient (Wildman–Crippen LogP) is 1.86. The Kier molecular flexibility index (Phi) is 3.09. The molecule has 4 nitrogen and oxygen atoms in total. The Hall–Kier alpha value is -2.30. The minimum atomic E-state index is -0.639. The number of carbonyl (C=O) groups is 1. The van der Waals surface area contributed by atoms with Crippen LogP contribution in [0.4, 0.5) is 4.39 Å². The first-order valence-electron chi connectivity index (χ1n) is 4.87. The largest absolute Gasteiger partial charge is 0.496 e. The van der Waals surface area contributed by atoms with E-state index < -0.39 is 11.6 Å². The normalized spacial score (nSPS) is 10.0. The first-order valence-corrected chi connectivity index (χ1v) is 4.87. The Morgan fingerprint density at radius 1 is 1.35 bits per heavy atom. The highest BCUT2D eigenvalue weighted by Gasteiger charge is 2.20. The zero-order chi connectivity index (χ0) is 12.3. The average molecular weight is 232 g/mol. The summed E-state index contributed by atoms with van der Waals surface area (Å²) in [7, 11) is 1.38. The molecule has 86 valence electrons. The molecule has 0 amide bonds. The quantitative estimate of drug-likeness (QED) is 0.758. The van der Waals surface area contributed by atoms with Gasteiger partial charge in [-0.25, -0.2) is 9.37 Å². The van der Waals surface area contributed by atoms with Gasteiger partial charge in [-0.05, 0) is 12.1 Å². The van der Waals surface area contributed by atoms with E-state index in [0.717, 1.165) is 0 Å². The molecule has 1 aromatic heterocycles. The van der Waals surface area contributed by atoms with E-state index in [0.29, 0.717) is 0 Å². The van der Waals surface area contributed by atoms with Crippen LogP contribution in [-0.4, -0.2) is 22.9 Å². The summed E-state index contributed by atoms with van der Waals surface area (Å²) in [6.07, 6.45) is 4.10. The number of nitrogens with zero attached hydrogens (tertiary/aromatic N) is 2. The molecule has 2 aromatic rings. The van der Waals surface area contributed by atoms with Crippen molar-refractivity contribution < 1.29 is 13.9 Å². The monoisotopic (exact) mass is 232 g/mol. The molecule has 0 saturated heterocycles. The number of hydrogen-bond donors (Lipinski definition) is 0. The standard InChI is InChI=1S/C12H9FN2O2/c1-17-10-4-2-3-8(13)11(10)12(16)9-7-14-5-6-15-9/h2-7H,1H3.